The maximum absolute atomic E-state index is 11.1. The molecule has 0 saturated heterocycles. The second-order valence-corrected chi connectivity index (χ2v) is 6.22. The number of benzene rings is 1. The fourth-order valence-corrected chi connectivity index (χ4v) is 3.42. The zero-order valence-electron chi connectivity index (χ0n) is 11.7. The second kappa shape index (κ2) is 5.89. The Morgan fingerprint density at radius 2 is 2.14 bits per heavy atom. The molecule has 0 amide bonds. The number of nitro groups is 1. The third-order valence-electron chi connectivity index (χ3n) is 3.94. The molecule has 1 saturated carbocycles. The highest BCUT2D eigenvalue weighted by Crippen LogP contribution is 2.35. The molecule has 0 unspecified atom stereocenters. The smallest absolute Gasteiger partial charge is 0.271 e. The van der Waals surface area contributed by atoms with Crippen molar-refractivity contribution >= 4 is 38.2 Å². The second-order valence-electron chi connectivity index (χ2n) is 5.37. The summed E-state index contributed by atoms with van der Waals surface area (Å²) in [5.41, 5.74) is 1.64. The molecule has 1 heterocycles. The van der Waals surface area contributed by atoms with Crippen molar-refractivity contribution in [2.45, 2.75) is 31.7 Å². The van der Waals surface area contributed by atoms with E-state index in [2.05, 4.69) is 32.3 Å². The number of anilines is 1. The molecule has 0 aliphatic heterocycles. The van der Waals surface area contributed by atoms with Crippen LogP contribution in [-0.2, 0) is 0 Å². The Bertz CT molecular complexity index is 794. The van der Waals surface area contributed by atoms with Gasteiger partial charge in [0.15, 0.2) is 0 Å². The van der Waals surface area contributed by atoms with Gasteiger partial charge in [0.1, 0.15) is 6.07 Å². The highest BCUT2D eigenvalue weighted by atomic mass is 79.9. The van der Waals surface area contributed by atoms with Gasteiger partial charge in [0, 0.05) is 29.8 Å². The summed E-state index contributed by atoms with van der Waals surface area (Å²) in [6.07, 6.45) is 5.92. The van der Waals surface area contributed by atoms with Crippen LogP contribution in [0.4, 0.5) is 11.4 Å². The molecular formula is C15H13BrN4O2. The quantitative estimate of drug-likeness (QED) is 0.655. The number of hydrogen-bond donors (Lipinski definition) is 1. The van der Waals surface area contributed by atoms with Gasteiger partial charge in [-0.25, -0.2) is 0 Å². The summed E-state index contributed by atoms with van der Waals surface area (Å²) in [4.78, 5) is 14.9. The Kier molecular flexibility index (Phi) is 3.94. The van der Waals surface area contributed by atoms with Crippen molar-refractivity contribution in [3.8, 4) is 6.07 Å². The van der Waals surface area contributed by atoms with Gasteiger partial charge < -0.3 is 5.32 Å². The average molecular weight is 361 g/mol. The van der Waals surface area contributed by atoms with Gasteiger partial charge in [0.25, 0.3) is 5.69 Å². The van der Waals surface area contributed by atoms with Crippen LogP contribution in [0.15, 0.2) is 22.8 Å². The van der Waals surface area contributed by atoms with E-state index in [0.717, 1.165) is 25.7 Å². The molecule has 1 aromatic heterocycles. The molecule has 2 aromatic rings. The van der Waals surface area contributed by atoms with Crippen molar-refractivity contribution < 1.29 is 4.92 Å². The van der Waals surface area contributed by atoms with Crippen LogP contribution in [0, 0.1) is 21.4 Å². The van der Waals surface area contributed by atoms with E-state index in [9.17, 15) is 15.4 Å². The fourth-order valence-electron chi connectivity index (χ4n) is 2.87. The first-order chi connectivity index (χ1) is 10.6. The van der Waals surface area contributed by atoms with Gasteiger partial charge in [-0.2, -0.15) is 5.26 Å². The molecular weight excluding hydrogens is 348 g/mol. The predicted molar refractivity (Wildman–Crippen MR) is 86.7 cm³/mol. The lowest BCUT2D eigenvalue weighted by molar-refractivity contribution is -0.384. The van der Waals surface area contributed by atoms with Gasteiger partial charge in [-0.15, -0.1) is 0 Å². The number of halogens is 1. The minimum atomic E-state index is -0.442. The van der Waals surface area contributed by atoms with Crippen LogP contribution in [-0.4, -0.2) is 15.9 Å². The van der Waals surface area contributed by atoms with Crippen LogP contribution in [0.5, 0.6) is 0 Å². The van der Waals surface area contributed by atoms with E-state index in [0.29, 0.717) is 32.7 Å². The Labute approximate surface area is 135 Å². The molecule has 1 aliphatic rings. The van der Waals surface area contributed by atoms with Crippen LogP contribution < -0.4 is 5.32 Å². The highest BCUT2D eigenvalue weighted by Gasteiger charge is 2.20. The first kappa shape index (κ1) is 14.7. The Hall–Kier alpha value is -2.20. The summed E-state index contributed by atoms with van der Waals surface area (Å²) in [5, 5.41) is 24.4. The largest absolute Gasteiger partial charge is 0.381 e. The summed E-state index contributed by atoms with van der Waals surface area (Å²) in [7, 11) is 0. The minimum Gasteiger partial charge on any atom is -0.381 e. The van der Waals surface area contributed by atoms with Gasteiger partial charge in [0.05, 0.1) is 26.2 Å². The molecule has 1 fully saturated rings. The van der Waals surface area contributed by atoms with Crippen molar-refractivity contribution in [1.29, 1.82) is 5.26 Å². The molecule has 3 rings (SSSR count). The van der Waals surface area contributed by atoms with Crippen LogP contribution in [0.2, 0.25) is 0 Å². The van der Waals surface area contributed by atoms with Gasteiger partial charge in [-0.1, -0.05) is 12.8 Å². The maximum atomic E-state index is 11.1. The Morgan fingerprint density at radius 1 is 1.41 bits per heavy atom. The third-order valence-corrected chi connectivity index (χ3v) is 4.55. The molecule has 1 aliphatic carbocycles. The molecule has 1 aromatic carbocycles. The molecule has 7 heteroatoms. The lowest BCUT2D eigenvalue weighted by Crippen LogP contribution is -2.16. The van der Waals surface area contributed by atoms with Crippen molar-refractivity contribution in [3.05, 3.63) is 38.5 Å². The molecule has 0 radical (unpaired) electrons. The average Bonchev–Trinajstić information content (AvgIpc) is 3.00. The lowest BCUT2D eigenvalue weighted by atomic mass is 10.1. The first-order valence-electron chi connectivity index (χ1n) is 7.03. The topological polar surface area (TPSA) is 91.8 Å². The van der Waals surface area contributed by atoms with E-state index < -0.39 is 4.92 Å². The van der Waals surface area contributed by atoms with E-state index in [1.165, 1.54) is 18.3 Å². The fraction of sp³-hybridized carbons (Fsp3) is 0.333. The summed E-state index contributed by atoms with van der Waals surface area (Å²) in [5.74, 6) is 0. The van der Waals surface area contributed by atoms with E-state index in [4.69, 9.17) is 0 Å². The lowest BCUT2D eigenvalue weighted by Gasteiger charge is -2.17. The van der Waals surface area contributed by atoms with E-state index >= 15 is 0 Å². The number of nitrogens with zero attached hydrogens (tertiary/aromatic N) is 3. The number of aromatic nitrogens is 1. The Balaban J connectivity index is 2.20. The number of non-ortho nitro benzene ring substituents is 1. The molecule has 0 atom stereocenters. The highest BCUT2D eigenvalue weighted by molar-refractivity contribution is 9.10. The van der Waals surface area contributed by atoms with Gasteiger partial charge in [-0.3, -0.25) is 15.1 Å². The van der Waals surface area contributed by atoms with Gasteiger partial charge in [0.2, 0.25) is 0 Å². The number of rotatable bonds is 3. The maximum Gasteiger partial charge on any atom is 0.271 e. The summed E-state index contributed by atoms with van der Waals surface area (Å²) in [6, 6.07) is 5.33. The number of nitriles is 1. The molecule has 112 valence electrons. The summed E-state index contributed by atoms with van der Waals surface area (Å²) in [6.45, 7) is 0. The minimum absolute atomic E-state index is 0.0225. The first-order valence-corrected chi connectivity index (χ1v) is 7.82. The third kappa shape index (κ3) is 2.62. The van der Waals surface area contributed by atoms with Crippen molar-refractivity contribution in [3.63, 3.8) is 0 Å². The number of nitrogens with one attached hydrogen (secondary N) is 1. The zero-order chi connectivity index (χ0) is 15.7. The van der Waals surface area contributed by atoms with Crippen molar-refractivity contribution in [2.24, 2.45) is 0 Å². The van der Waals surface area contributed by atoms with Crippen molar-refractivity contribution in [2.75, 3.05) is 5.32 Å². The number of nitro benzene ring substituents is 1. The van der Waals surface area contributed by atoms with E-state index in [-0.39, 0.29) is 5.69 Å². The number of fused-ring (bicyclic) bond motifs is 1. The predicted octanol–water partition coefficient (Wildman–Crippen LogP) is 4.13. The normalized spacial score (nSPS) is 14.9. The summed E-state index contributed by atoms with van der Waals surface area (Å²) >= 11 is 3.33. The standard InChI is InChI=1S/C15H13BrN4O2/c16-13-6-11(20(21)22)5-12-14(19-10-3-1-2-4-10)9(7-17)8-18-15(12)13/h5-6,8,10H,1-4H2,(H,18,19). The Morgan fingerprint density at radius 3 is 2.77 bits per heavy atom. The van der Waals surface area contributed by atoms with Crippen molar-refractivity contribution in [1.82, 2.24) is 4.98 Å². The van der Waals surface area contributed by atoms with Crippen LogP contribution in [0.25, 0.3) is 10.9 Å². The molecule has 22 heavy (non-hydrogen) atoms. The SMILES string of the molecule is N#Cc1cnc2c(Br)cc([N+](=O)[O-])cc2c1NC1CCCC1. The summed E-state index contributed by atoms with van der Waals surface area (Å²) < 4.78 is 0.552. The molecule has 6 nitrogen and oxygen atoms in total. The van der Waals surface area contributed by atoms with E-state index in [1.54, 1.807) is 0 Å². The molecule has 1 N–H and O–H groups in total. The van der Waals surface area contributed by atoms with Crippen LogP contribution in [0.3, 0.4) is 0 Å². The monoisotopic (exact) mass is 360 g/mol. The number of pyridine rings is 1. The number of hydrogen-bond acceptors (Lipinski definition) is 5. The van der Waals surface area contributed by atoms with Crippen LogP contribution >= 0.6 is 15.9 Å². The van der Waals surface area contributed by atoms with Gasteiger partial charge >= 0.3 is 0 Å². The van der Waals surface area contributed by atoms with Gasteiger partial charge in [-0.05, 0) is 28.8 Å². The zero-order valence-corrected chi connectivity index (χ0v) is 13.3. The van der Waals surface area contributed by atoms with Crippen LogP contribution in [0.1, 0.15) is 31.2 Å². The molecule has 0 spiro atoms. The molecule has 0 bridgehead atoms. The van der Waals surface area contributed by atoms with E-state index in [1.807, 2.05) is 0 Å².